The molecule has 0 saturated heterocycles. The second-order valence-electron chi connectivity index (χ2n) is 6.11. The fraction of sp³-hybridized carbons (Fsp3) is 0.533. The minimum atomic E-state index is -4.52. The summed E-state index contributed by atoms with van der Waals surface area (Å²) in [4.78, 5) is 16.6. The van der Waals surface area contributed by atoms with Crippen molar-refractivity contribution in [3.05, 3.63) is 35.4 Å². The van der Waals surface area contributed by atoms with Crippen molar-refractivity contribution >= 4 is 5.91 Å². The third kappa shape index (κ3) is 7.45. The van der Waals surface area contributed by atoms with Gasteiger partial charge in [0.25, 0.3) is 5.91 Å². The molecular formula is C15H21F3N2O3. The molecule has 0 aliphatic heterocycles. The molecule has 0 saturated carbocycles. The minimum Gasteiger partial charge on any atom is -0.389 e. The van der Waals surface area contributed by atoms with Crippen LogP contribution in [0.15, 0.2) is 24.3 Å². The molecule has 1 amide bonds. The van der Waals surface area contributed by atoms with E-state index in [4.69, 9.17) is 4.84 Å². The van der Waals surface area contributed by atoms with Crippen LogP contribution in [-0.4, -0.2) is 35.8 Å². The average molecular weight is 334 g/mol. The molecule has 1 atom stereocenters. The second-order valence-corrected chi connectivity index (χ2v) is 6.11. The SMILES string of the molecule is CC(C)(C)NCC(O)CONC(=O)c1cccc(C(F)(F)F)c1. The molecule has 1 rings (SSSR count). The number of carbonyl (C=O) groups excluding carboxylic acids is 1. The largest absolute Gasteiger partial charge is 0.416 e. The van der Waals surface area contributed by atoms with E-state index in [0.29, 0.717) is 0 Å². The number of alkyl halides is 3. The van der Waals surface area contributed by atoms with Crippen LogP contribution in [-0.2, 0) is 11.0 Å². The minimum absolute atomic E-state index is 0.178. The van der Waals surface area contributed by atoms with E-state index in [9.17, 15) is 23.1 Å². The summed E-state index contributed by atoms with van der Waals surface area (Å²) in [5.41, 5.74) is 0.738. The summed E-state index contributed by atoms with van der Waals surface area (Å²) in [5, 5.41) is 12.7. The molecule has 1 aromatic rings. The van der Waals surface area contributed by atoms with Crippen molar-refractivity contribution in [3.8, 4) is 0 Å². The predicted octanol–water partition coefficient (Wildman–Crippen LogP) is 2.12. The first-order valence-electron chi connectivity index (χ1n) is 7.01. The molecule has 0 fully saturated rings. The van der Waals surface area contributed by atoms with E-state index in [-0.39, 0.29) is 24.3 Å². The molecule has 3 N–H and O–H groups in total. The number of aliphatic hydroxyl groups excluding tert-OH is 1. The highest BCUT2D eigenvalue weighted by molar-refractivity contribution is 5.93. The van der Waals surface area contributed by atoms with Crippen LogP contribution in [0.25, 0.3) is 0 Å². The zero-order chi connectivity index (χ0) is 17.7. The Hall–Kier alpha value is -1.64. The monoisotopic (exact) mass is 334 g/mol. The molecule has 0 aliphatic carbocycles. The summed E-state index contributed by atoms with van der Waals surface area (Å²) in [7, 11) is 0. The first-order valence-corrected chi connectivity index (χ1v) is 7.01. The van der Waals surface area contributed by atoms with Crippen LogP contribution in [0.1, 0.15) is 36.7 Å². The van der Waals surface area contributed by atoms with Crippen LogP contribution in [0.2, 0.25) is 0 Å². The normalized spacial score (nSPS) is 13.7. The van der Waals surface area contributed by atoms with E-state index < -0.39 is 23.8 Å². The van der Waals surface area contributed by atoms with Crippen molar-refractivity contribution in [2.75, 3.05) is 13.2 Å². The molecular weight excluding hydrogens is 313 g/mol. The Labute approximate surface area is 132 Å². The third-order valence-electron chi connectivity index (χ3n) is 2.76. The molecule has 23 heavy (non-hydrogen) atoms. The number of benzene rings is 1. The number of hydroxylamine groups is 1. The van der Waals surface area contributed by atoms with Gasteiger partial charge in [-0.25, -0.2) is 5.48 Å². The van der Waals surface area contributed by atoms with E-state index in [2.05, 4.69) is 5.32 Å². The molecule has 1 aromatic carbocycles. The van der Waals surface area contributed by atoms with Crippen LogP contribution in [0.5, 0.6) is 0 Å². The molecule has 1 unspecified atom stereocenters. The number of aliphatic hydroxyl groups is 1. The van der Waals surface area contributed by atoms with E-state index in [1.807, 2.05) is 26.3 Å². The number of halogens is 3. The Morgan fingerprint density at radius 2 is 1.96 bits per heavy atom. The van der Waals surface area contributed by atoms with Crippen LogP contribution < -0.4 is 10.8 Å². The maximum Gasteiger partial charge on any atom is 0.416 e. The van der Waals surface area contributed by atoms with Gasteiger partial charge in [0.15, 0.2) is 0 Å². The van der Waals surface area contributed by atoms with Crippen molar-refractivity contribution in [1.82, 2.24) is 10.8 Å². The van der Waals surface area contributed by atoms with E-state index in [0.717, 1.165) is 18.2 Å². The summed E-state index contributed by atoms with van der Waals surface area (Å²) < 4.78 is 37.7. The van der Waals surface area contributed by atoms with Crippen LogP contribution in [0, 0.1) is 0 Å². The number of amides is 1. The Balaban J connectivity index is 2.46. The first kappa shape index (κ1) is 19.4. The van der Waals surface area contributed by atoms with Gasteiger partial charge in [-0.15, -0.1) is 0 Å². The second kappa shape index (κ2) is 7.76. The van der Waals surface area contributed by atoms with Crippen LogP contribution >= 0.6 is 0 Å². The highest BCUT2D eigenvalue weighted by Gasteiger charge is 2.30. The Morgan fingerprint density at radius 3 is 2.52 bits per heavy atom. The lowest BCUT2D eigenvalue weighted by Crippen LogP contribution is -2.43. The number of nitrogens with one attached hydrogen (secondary N) is 2. The molecule has 0 heterocycles. The topological polar surface area (TPSA) is 70.6 Å². The molecule has 130 valence electrons. The number of hydrogen-bond acceptors (Lipinski definition) is 4. The Bertz CT molecular complexity index is 527. The first-order chi connectivity index (χ1) is 10.5. The van der Waals surface area contributed by atoms with Gasteiger partial charge in [0.1, 0.15) is 6.61 Å². The molecule has 8 heteroatoms. The number of hydrogen-bond donors (Lipinski definition) is 3. The standard InChI is InChI=1S/C15H21F3N2O3/c1-14(2,3)19-8-12(21)9-23-20-13(22)10-5-4-6-11(7-10)15(16,17)18/h4-7,12,19,21H,8-9H2,1-3H3,(H,20,22). The van der Waals surface area contributed by atoms with Gasteiger partial charge in [0.05, 0.1) is 11.7 Å². The van der Waals surface area contributed by atoms with Gasteiger partial charge in [0.2, 0.25) is 0 Å². The molecule has 0 radical (unpaired) electrons. The van der Waals surface area contributed by atoms with Crippen molar-refractivity contribution in [2.24, 2.45) is 0 Å². The quantitative estimate of drug-likeness (QED) is 0.697. The Morgan fingerprint density at radius 1 is 1.30 bits per heavy atom. The Kier molecular flexibility index (Phi) is 6.55. The summed E-state index contributed by atoms with van der Waals surface area (Å²) in [6.07, 6.45) is -5.39. The van der Waals surface area contributed by atoms with Gasteiger partial charge in [-0.3, -0.25) is 9.63 Å². The summed E-state index contributed by atoms with van der Waals surface area (Å²) in [6, 6.07) is 3.99. The maximum atomic E-state index is 12.6. The van der Waals surface area contributed by atoms with Gasteiger partial charge in [-0.1, -0.05) is 6.07 Å². The fourth-order valence-electron chi connectivity index (χ4n) is 1.58. The summed E-state index contributed by atoms with van der Waals surface area (Å²) >= 11 is 0. The molecule has 0 bridgehead atoms. The molecule has 0 spiro atoms. The highest BCUT2D eigenvalue weighted by Crippen LogP contribution is 2.29. The fourth-order valence-corrected chi connectivity index (χ4v) is 1.58. The molecule has 0 aromatic heterocycles. The number of carbonyl (C=O) groups is 1. The van der Waals surface area contributed by atoms with Gasteiger partial charge in [-0.2, -0.15) is 13.2 Å². The smallest absolute Gasteiger partial charge is 0.389 e. The van der Waals surface area contributed by atoms with Crippen molar-refractivity contribution in [1.29, 1.82) is 0 Å². The molecule has 0 aliphatic rings. The lowest BCUT2D eigenvalue weighted by Gasteiger charge is -2.22. The maximum absolute atomic E-state index is 12.6. The van der Waals surface area contributed by atoms with Crippen LogP contribution in [0.4, 0.5) is 13.2 Å². The lowest BCUT2D eigenvalue weighted by molar-refractivity contribution is -0.137. The van der Waals surface area contributed by atoms with Gasteiger partial charge >= 0.3 is 6.18 Å². The van der Waals surface area contributed by atoms with E-state index in [1.165, 1.54) is 6.07 Å². The zero-order valence-electron chi connectivity index (χ0n) is 13.2. The van der Waals surface area contributed by atoms with E-state index >= 15 is 0 Å². The zero-order valence-corrected chi connectivity index (χ0v) is 13.2. The number of β-amino-alcohol motifs (C(OH)–C–C–N with tert-alkyl or cyclic N) is 1. The van der Waals surface area contributed by atoms with Gasteiger partial charge in [-0.05, 0) is 39.0 Å². The van der Waals surface area contributed by atoms with Crippen molar-refractivity contribution in [3.63, 3.8) is 0 Å². The third-order valence-corrected chi connectivity index (χ3v) is 2.76. The highest BCUT2D eigenvalue weighted by atomic mass is 19.4. The average Bonchev–Trinajstić information content (AvgIpc) is 2.43. The van der Waals surface area contributed by atoms with E-state index in [1.54, 1.807) is 0 Å². The van der Waals surface area contributed by atoms with Crippen LogP contribution in [0.3, 0.4) is 0 Å². The number of rotatable bonds is 6. The molecule has 5 nitrogen and oxygen atoms in total. The summed E-state index contributed by atoms with van der Waals surface area (Å²) in [6.45, 7) is 5.85. The van der Waals surface area contributed by atoms with Gasteiger partial charge in [0, 0.05) is 17.6 Å². The van der Waals surface area contributed by atoms with Crippen molar-refractivity contribution in [2.45, 2.75) is 38.6 Å². The van der Waals surface area contributed by atoms with Crippen molar-refractivity contribution < 1.29 is 27.9 Å². The summed E-state index contributed by atoms with van der Waals surface area (Å²) in [5.74, 6) is -0.813. The van der Waals surface area contributed by atoms with Gasteiger partial charge < -0.3 is 10.4 Å². The predicted molar refractivity (Wildman–Crippen MR) is 78.6 cm³/mol. The lowest BCUT2D eigenvalue weighted by atomic mass is 10.1.